The van der Waals surface area contributed by atoms with Crippen LogP contribution in [0.5, 0.6) is 0 Å². The highest BCUT2D eigenvalue weighted by Crippen LogP contribution is 2.33. The predicted molar refractivity (Wildman–Crippen MR) is 134 cm³/mol. The van der Waals surface area contributed by atoms with Crippen molar-refractivity contribution < 1.29 is 8.42 Å². The van der Waals surface area contributed by atoms with Crippen molar-refractivity contribution >= 4 is 31.5 Å². The first-order valence-electron chi connectivity index (χ1n) is 10.7. The molecule has 0 aliphatic rings. The number of rotatable bonds is 5. The first-order chi connectivity index (χ1) is 15.8. The topological polar surface area (TPSA) is 61.1 Å². The largest absolute Gasteiger partial charge is 0.343 e. The molecule has 0 radical (unpaired) electrons. The number of pyridine rings is 1. The molecule has 0 fully saturated rings. The third-order valence-electron chi connectivity index (χ3n) is 5.99. The molecule has 6 heteroatoms. The maximum Gasteiger partial charge on any atom is 0.258 e. The van der Waals surface area contributed by atoms with Gasteiger partial charge < -0.3 is 9.13 Å². The van der Waals surface area contributed by atoms with Crippen LogP contribution >= 0.6 is 0 Å². The van der Waals surface area contributed by atoms with Crippen LogP contribution in [0.15, 0.2) is 90.0 Å². The molecule has 0 amide bonds. The molecular formula is C27H24N2O3S. The Morgan fingerprint density at radius 1 is 0.848 bits per heavy atom. The van der Waals surface area contributed by atoms with Gasteiger partial charge in [-0.1, -0.05) is 48.5 Å². The van der Waals surface area contributed by atoms with Gasteiger partial charge >= 0.3 is 0 Å². The van der Waals surface area contributed by atoms with E-state index in [4.69, 9.17) is 0 Å². The van der Waals surface area contributed by atoms with Gasteiger partial charge in [0.25, 0.3) is 5.56 Å². The number of hydrogen-bond acceptors (Lipinski definition) is 3. The Kier molecular flexibility index (Phi) is 5.17. The average Bonchev–Trinajstić information content (AvgIpc) is 3.19. The van der Waals surface area contributed by atoms with Crippen molar-refractivity contribution in [3.05, 3.63) is 107 Å². The maximum absolute atomic E-state index is 12.7. The maximum atomic E-state index is 12.7. The number of hydrogen-bond donors (Lipinski definition) is 0. The minimum Gasteiger partial charge on any atom is -0.343 e. The lowest BCUT2D eigenvalue weighted by molar-refractivity contribution is 0.601. The Morgan fingerprint density at radius 2 is 1.55 bits per heavy atom. The van der Waals surface area contributed by atoms with Crippen molar-refractivity contribution in [2.45, 2.75) is 12.3 Å². The molecule has 5 rings (SSSR count). The highest BCUT2D eigenvalue weighted by molar-refractivity contribution is 7.89. The van der Waals surface area contributed by atoms with Crippen molar-refractivity contribution in [2.24, 2.45) is 7.05 Å². The summed E-state index contributed by atoms with van der Waals surface area (Å²) < 4.78 is 28.2. The molecule has 33 heavy (non-hydrogen) atoms. The van der Waals surface area contributed by atoms with Gasteiger partial charge in [0, 0.05) is 54.1 Å². The van der Waals surface area contributed by atoms with E-state index in [0.717, 1.165) is 38.5 Å². The summed E-state index contributed by atoms with van der Waals surface area (Å²) in [6, 6.07) is 23.7. The monoisotopic (exact) mass is 456 g/mol. The average molecular weight is 457 g/mol. The van der Waals surface area contributed by atoms with Gasteiger partial charge in [0.2, 0.25) is 0 Å². The highest BCUT2D eigenvalue weighted by atomic mass is 32.2. The second-order valence-corrected chi connectivity index (χ2v) is 10.7. The fourth-order valence-electron chi connectivity index (χ4n) is 4.49. The number of aryl methyl sites for hydroxylation is 1. The second kappa shape index (κ2) is 8.05. The van der Waals surface area contributed by atoms with Gasteiger partial charge in [-0.25, -0.2) is 8.42 Å². The zero-order valence-corrected chi connectivity index (χ0v) is 19.3. The summed E-state index contributed by atoms with van der Waals surface area (Å²) in [6.45, 7) is 0.681. The molecule has 0 bridgehead atoms. The minimum atomic E-state index is -3.24. The summed E-state index contributed by atoms with van der Waals surface area (Å²) in [5.41, 5.74) is 4.62. The molecule has 0 N–H and O–H groups in total. The standard InChI is InChI=1S/C27H24N2O3S/c1-28-17-25(23-10-6-7-11-24(23)27(28)30)20-14-21(18-33(2,31)32)22-12-13-29(26(22)15-20)16-19-8-4-3-5-9-19/h3-15,17H,16,18H2,1-2H3. The van der Waals surface area contributed by atoms with E-state index in [-0.39, 0.29) is 11.3 Å². The lowest BCUT2D eigenvalue weighted by atomic mass is 9.97. The number of benzene rings is 3. The van der Waals surface area contributed by atoms with Crippen molar-refractivity contribution in [3.8, 4) is 11.1 Å². The van der Waals surface area contributed by atoms with Gasteiger partial charge in [0.05, 0.1) is 5.75 Å². The van der Waals surface area contributed by atoms with Crippen LogP contribution in [0.1, 0.15) is 11.1 Å². The van der Waals surface area contributed by atoms with Crippen LogP contribution in [0.3, 0.4) is 0 Å². The van der Waals surface area contributed by atoms with Crippen LogP contribution in [0.2, 0.25) is 0 Å². The predicted octanol–water partition coefficient (Wildman–Crippen LogP) is 4.75. The van der Waals surface area contributed by atoms with Gasteiger partial charge in [-0.3, -0.25) is 4.79 Å². The van der Waals surface area contributed by atoms with Crippen LogP contribution in [0.25, 0.3) is 32.8 Å². The molecule has 0 spiro atoms. The van der Waals surface area contributed by atoms with Gasteiger partial charge in [-0.15, -0.1) is 0 Å². The Bertz CT molecular complexity index is 1660. The van der Waals surface area contributed by atoms with Crippen molar-refractivity contribution in [1.82, 2.24) is 9.13 Å². The minimum absolute atomic E-state index is 0.0453. The number of aromatic nitrogens is 2. The summed E-state index contributed by atoms with van der Waals surface area (Å²) in [4.78, 5) is 12.7. The summed E-state index contributed by atoms with van der Waals surface area (Å²) in [7, 11) is -1.50. The summed E-state index contributed by atoms with van der Waals surface area (Å²) in [5.74, 6) is -0.0453. The number of fused-ring (bicyclic) bond motifs is 2. The first kappa shape index (κ1) is 21.2. The molecule has 0 aliphatic heterocycles. The van der Waals surface area contributed by atoms with E-state index in [2.05, 4.69) is 22.8 Å². The molecule has 0 saturated heterocycles. The molecule has 0 unspecified atom stereocenters. The Hall–Kier alpha value is -3.64. The molecular weight excluding hydrogens is 432 g/mol. The van der Waals surface area contributed by atoms with Gasteiger partial charge in [-0.05, 0) is 46.3 Å². The molecule has 0 aliphatic carbocycles. The van der Waals surface area contributed by atoms with E-state index in [1.807, 2.05) is 67.0 Å². The lowest BCUT2D eigenvalue weighted by Gasteiger charge is -2.14. The first-order valence-corrected chi connectivity index (χ1v) is 12.8. The van der Waals surface area contributed by atoms with Crippen LogP contribution in [-0.2, 0) is 29.2 Å². The van der Waals surface area contributed by atoms with Crippen LogP contribution in [0.4, 0.5) is 0 Å². The summed E-state index contributed by atoms with van der Waals surface area (Å²) >= 11 is 0. The Morgan fingerprint density at radius 3 is 2.27 bits per heavy atom. The zero-order valence-electron chi connectivity index (χ0n) is 18.5. The summed E-state index contributed by atoms with van der Waals surface area (Å²) in [5, 5.41) is 2.42. The lowest BCUT2D eigenvalue weighted by Crippen LogP contribution is -2.16. The normalized spacial score (nSPS) is 11.9. The van der Waals surface area contributed by atoms with Crippen LogP contribution < -0.4 is 5.56 Å². The van der Waals surface area contributed by atoms with E-state index in [9.17, 15) is 13.2 Å². The van der Waals surface area contributed by atoms with Crippen LogP contribution in [-0.4, -0.2) is 23.8 Å². The van der Waals surface area contributed by atoms with E-state index in [0.29, 0.717) is 11.9 Å². The van der Waals surface area contributed by atoms with Crippen molar-refractivity contribution in [1.29, 1.82) is 0 Å². The van der Waals surface area contributed by atoms with E-state index >= 15 is 0 Å². The SMILES string of the molecule is Cn1cc(-c2cc(CS(C)(=O)=O)c3ccn(Cc4ccccc4)c3c2)c2ccccc2c1=O. The Labute approximate surface area is 192 Å². The number of nitrogens with zero attached hydrogens (tertiary/aromatic N) is 2. The second-order valence-electron chi connectivity index (χ2n) is 8.57. The zero-order chi connectivity index (χ0) is 23.2. The van der Waals surface area contributed by atoms with Crippen molar-refractivity contribution in [3.63, 3.8) is 0 Å². The molecule has 0 saturated carbocycles. The fraction of sp³-hybridized carbons (Fsp3) is 0.148. The van der Waals surface area contributed by atoms with Gasteiger partial charge in [0.15, 0.2) is 9.84 Å². The van der Waals surface area contributed by atoms with E-state index < -0.39 is 9.84 Å². The quantitative estimate of drug-likeness (QED) is 0.383. The van der Waals surface area contributed by atoms with Crippen LogP contribution in [0, 0.1) is 0 Å². The smallest absolute Gasteiger partial charge is 0.258 e. The fourth-order valence-corrected chi connectivity index (χ4v) is 5.30. The number of sulfone groups is 1. The van der Waals surface area contributed by atoms with Gasteiger partial charge in [0.1, 0.15) is 0 Å². The molecule has 0 atom stereocenters. The molecule has 3 aromatic carbocycles. The van der Waals surface area contributed by atoms with Gasteiger partial charge in [-0.2, -0.15) is 0 Å². The van der Waals surface area contributed by atoms with E-state index in [1.54, 1.807) is 11.6 Å². The van der Waals surface area contributed by atoms with Crippen molar-refractivity contribution in [2.75, 3.05) is 6.26 Å². The molecule has 166 valence electrons. The Balaban J connectivity index is 1.78. The molecule has 5 aromatic rings. The third kappa shape index (κ3) is 4.10. The van der Waals surface area contributed by atoms with E-state index in [1.165, 1.54) is 6.26 Å². The molecule has 2 aromatic heterocycles. The summed E-state index contributed by atoms with van der Waals surface area (Å²) in [6.07, 6.45) is 5.10. The molecule has 5 nitrogen and oxygen atoms in total. The third-order valence-corrected chi connectivity index (χ3v) is 6.82. The highest BCUT2D eigenvalue weighted by Gasteiger charge is 2.16. The molecule has 2 heterocycles.